The monoisotopic (exact) mass is 360 g/mol. The number of H-pyrrole nitrogens is 1. The van der Waals surface area contributed by atoms with E-state index in [1.807, 2.05) is 60.0 Å². The molecule has 1 amide bonds. The molecule has 128 valence electrons. The first-order valence-electron chi connectivity index (χ1n) is 8.16. The average molecular weight is 360 g/mol. The van der Waals surface area contributed by atoms with Crippen molar-refractivity contribution in [2.24, 2.45) is 0 Å². The molecule has 4 rings (SSSR count). The minimum atomic E-state index is -0.115. The SMILES string of the molecule is O=C(/C=C/c1n[nH]c2ccccc12)N(Cc1cscn1)c1ccccc1. The third-order valence-electron chi connectivity index (χ3n) is 4.02. The van der Waals surface area contributed by atoms with Crippen LogP contribution in [0.5, 0.6) is 0 Å². The maximum absolute atomic E-state index is 12.9. The molecule has 0 aliphatic carbocycles. The molecule has 0 atom stereocenters. The van der Waals surface area contributed by atoms with Crippen LogP contribution in [0.1, 0.15) is 11.4 Å². The van der Waals surface area contributed by atoms with Crippen molar-refractivity contribution in [3.05, 3.63) is 83.0 Å². The standard InChI is InChI=1S/C20H16N4OS/c25-20(11-10-19-17-8-4-5-9-18(17)22-23-19)24(12-15-13-26-14-21-15)16-6-2-1-3-7-16/h1-11,13-14H,12H2,(H,22,23)/b11-10+. The van der Waals surface area contributed by atoms with Gasteiger partial charge in [-0.3, -0.25) is 9.89 Å². The number of thiazole rings is 1. The summed E-state index contributed by atoms with van der Waals surface area (Å²) in [5, 5.41) is 10.2. The summed E-state index contributed by atoms with van der Waals surface area (Å²) in [6.45, 7) is 0.429. The average Bonchev–Trinajstić information content (AvgIpc) is 3.35. The number of benzene rings is 2. The minimum Gasteiger partial charge on any atom is -0.303 e. The number of carbonyl (C=O) groups is 1. The lowest BCUT2D eigenvalue weighted by molar-refractivity contribution is -0.114. The Labute approximate surface area is 154 Å². The Balaban J connectivity index is 1.61. The van der Waals surface area contributed by atoms with Gasteiger partial charge in [0.1, 0.15) is 0 Å². The van der Waals surface area contributed by atoms with E-state index in [9.17, 15) is 4.79 Å². The van der Waals surface area contributed by atoms with E-state index in [-0.39, 0.29) is 5.91 Å². The molecule has 0 bridgehead atoms. The molecule has 2 aromatic carbocycles. The van der Waals surface area contributed by atoms with E-state index < -0.39 is 0 Å². The van der Waals surface area contributed by atoms with Crippen LogP contribution in [0.4, 0.5) is 5.69 Å². The van der Waals surface area contributed by atoms with E-state index in [2.05, 4.69) is 15.2 Å². The van der Waals surface area contributed by atoms with Crippen LogP contribution < -0.4 is 4.90 Å². The molecule has 0 saturated heterocycles. The molecule has 0 aliphatic heterocycles. The number of hydrogen-bond donors (Lipinski definition) is 1. The van der Waals surface area contributed by atoms with Crippen molar-refractivity contribution < 1.29 is 4.79 Å². The number of rotatable bonds is 5. The lowest BCUT2D eigenvalue weighted by atomic mass is 10.2. The molecular formula is C20H16N4OS. The van der Waals surface area contributed by atoms with Gasteiger partial charge in [-0.2, -0.15) is 5.10 Å². The Hall–Kier alpha value is -3.25. The highest BCUT2D eigenvalue weighted by molar-refractivity contribution is 7.07. The number of anilines is 1. The van der Waals surface area contributed by atoms with E-state index in [1.165, 1.54) is 11.3 Å². The fourth-order valence-electron chi connectivity index (χ4n) is 2.73. The van der Waals surface area contributed by atoms with Crippen molar-refractivity contribution in [3.8, 4) is 0 Å². The molecule has 4 aromatic rings. The van der Waals surface area contributed by atoms with Crippen LogP contribution in [-0.2, 0) is 11.3 Å². The molecule has 26 heavy (non-hydrogen) atoms. The number of nitrogens with zero attached hydrogens (tertiary/aromatic N) is 3. The molecule has 0 unspecified atom stereocenters. The van der Waals surface area contributed by atoms with Crippen molar-refractivity contribution in [2.75, 3.05) is 4.90 Å². The van der Waals surface area contributed by atoms with E-state index in [1.54, 1.807) is 22.6 Å². The van der Waals surface area contributed by atoms with Crippen molar-refractivity contribution in [3.63, 3.8) is 0 Å². The Bertz CT molecular complexity index is 1040. The molecule has 2 heterocycles. The van der Waals surface area contributed by atoms with Crippen LogP contribution >= 0.6 is 11.3 Å². The molecule has 0 fully saturated rings. The number of aromatic nitrogens is 3. The summed E-state index contributed by atoms with van der Waals surface area (Å²) >= 11 is 1.52. The quantitative estimate of drug-likeness (QED) is 0.541. The molecule has 6 heteroatoms. The zero-order valence-electron chi connectivity index (χ0n) is 13.9. The summed E-state index contributed by atoms with van der Waals surface area (Å²) in [7, 11) is 0. The highest BCUT2D eigenvalue weighted by Gasteiger charge is 2.15. The largest absolute Gasteiger partial charge is 0.303 e. The van der Waals surface area contributed by atoms with Crippen molar-refractivity contribution in [2.45, 2.75) is 6.54 Å². The summed E-state index contributed by atoms with van der Waals surface area (Å²) in [5.41, 5.74) is 5.17. The van der Waals surface area contributed by atoms with Crippen molar-refractivity contribution in [1.82, 2.24) is 15.2 Å². The second-order valence-corrected chi connectivity index (χ2v) is 6.45. The van der Waals surface area contributed by atoms with Gasteiger partial charge < -0.3 is 4.90 Å². The Morgan fingerprint density at radius 2 is 1.92 bits per heavy atom. The highest BCUT2D eigenvalue weighted by Crippen LogP contribution is 2.19. The van der Waals surface area contributed by atoms with Crippen LogP contribution in [0.2, 0.25) is 0 Å². The Kier molecular flexibility index (Phi) is 4.57. The molecule has 1 N–H and O–H groups in total. The maximum Gasteiger partial charge on any atom is 0.251 e. The predicted molar refractivity (Wildman–Crippen MR) is 105 cm³/mol. The van der Waals surface area contributed by atoms with Gasteiger partial charge in [-0.1, -0.05) is 36.4 Å². The molecule has 0 saturated carbocycles. The fourth-order valence-corrected chi connectivity index (χ4v) is 3.28. The second-order valence-electron chi connectivity index (χ2n) is 5.73. The number of aromatic amines is 1. The van der Waals surface area contributed by atoms with Gasteiger partial charge in [0.05, 0.1) is 29.0 Å². The molecule has 2 aromatic heterocycles. The topological polar surface area (TPSA) is 61.9 Å². The number of amides is 1. The van der Waals surface area contributed by atoms with Crippen LogP contribution in [0.15, 0.2) is 71.6 Å². The zero-order valence-corrected chi connectivity index (χ0v) is 14.7. The van der Waals surface area contributed by atoms with Crippen LogP contribution in [0.25, 0.3) is 17.0 Å². The summed E-state index contributed by atoms with van der Waals surface area (Å²) < 4.78 is 0. The molecule has 0 radical (unpaired) electrons. The summed E-state index contributed by atoms with van der Waals surface area (Å²) in [4.78, 5) is 18.9. The summed E-state index contributed by atoms with van der Waals surface area (Å²) in [6, 6.07) is 17.4. The Morgan fingerprint density at radius 1 is 1.12 bits per heavy atom. The number of fused-ring (bicyclic) bond motifs is 1. The van der Waals surface area contributed by atoms with Crippen molar-refractivity contribution in [1.29, 1.82) is 0 Å². The molecule has 0 aliphatic rings. The van der Waals surface area contributed by atoms with Gasteiger partial charge in [-0.15, -0.1) is 11.3 Å². The number of carbonyl (C=O) groups excluding carboxylic acids is 1. The van der Waals surface area contributed by atoms with Gasteiger partial charge >= 0.3 is 0 Å². The number of nitrogens with one attached hydrogen (secondary N) is 1. The lowest BCUT2D eigenvalue weighted by Gasteiger charge is -2.20. The first-order chi connectivity index (χ1) is 12.8. The highest BCUT2D eigenvalue weighted by atomic mass is 32.1. The van der Waals surface area contributed by atoms with Crippen LogP contribution in [0, 0.1) is 0 Å². The minimum absolute atomic E-state index is 0.115. The molecule has 0 spiro atoms. The third-order valence-corrected chi connectivity index (χ3v) is 4.66. The third kappa shape index (κ3) is 3.41. The van der Waals surface area contributed by atoms with Gasteiger partial charge in [0, 0.05) is 22.5 Å². The summed E-state index contributed by atoms with van der Waals surface area (Å²) in [5.74, 6) is -0.115. The normalized spacial score (nSPS) is 11.2. The van der Waals surface area contributed by atoms with Gasteiger partial charge in [-0.25, -0.2) is 4.98 Å². The summed E-state index contributed by atoms with van der Waals surface area (Å²) in [6.07, 6.45) is 3.31. The van der Waals surface area contributed by atoms with E-state index in [4.69, 9.17) is 0 Å². The van der Waals surface area contributed by atoms with Gasteiger partial charge in [0.2, 0.25) is 0 Å². The van der Waals surface area contributed by atoms with Crippen LogP contribution in [-0.4, -0.2) is 21.1 Å². The van der Waals surface area contributed by atoms with E-state index in [0.717, 1.165) is 28.0 Å². The first-order valence-corrected chi connectivity index (χ1v) is 9.10. The first kappa shape index (κ1) is 16.2. The van der Waals surface area contributed by atoms with Crippen LogP contribution in [0.3, 0.4) is 0 Å². The lowest BCUT2D eigenvalue weighted by Crippen LogP contribution is -2.28. The number of hydrogen-bond acceptors (Lipinski definition) is 4. The van der Waals surface area contributed by atoms with Gasteiger partial charge in [-0.05, 0) is 24.3 Å². The maximum atomic E-state index is 12.9. The molecular weight excluding hydrogens is 344 g/mol. The zero-order chi connectivity index (χ0) is 17.8. The number of para-hydroxylation sites is 2. The fraction of sp³-hybridized carbons (Fsp3) is 0.0500. The Morgan fingerprint density at radius 3 is 2.73 bits per heavy atom. The smallest absolute Gasteiger partial charge is 0.251 e. The predicted octanol–water partition coefficient (Wildman–Crippen LogP) is 4.27. The van der Waals surface area contributed by atoms with E-state index in [0.29, 0.717) is 6.54 Å². The second kappa shape index (κ2) is 7.33. The van der Waals surface area contributed by atoms with Gasteiger partial charge in [0.15, 0.2) is 0 Å². The van der Waals surface area contributed by atoms with E-state index >= 15 is 0 Å². The van der Waals surface area contributed by atoms with Gasteiger partial charge in [0.25, 0.3) is 5.91 Å². The molecule has 5 nitrogen and oxygen atoms in total. The van der Waals surface area contributed by atoms with Crippen molar-refractivity contribution >= 4 is 39.9 Å².